The Hall–Kier alpha value is -3.12. The normalized spacial score (nSPS) is 24.1. The van der Waals surface area contributed by atoms with Crippen LogP contribution in [-0.2, 0) is 22.4 Å². The summed E-state index contributed by atoms with van der Waals surface area (Å²) in [6.07, 6.45) is 5.49. The van der Waals surface area contributed by atoms with Gasteiger partial charge in [0.15, 0.2) is 17.1 Å². The number of aliphatic hydroxyl groups is 1. The molecule has 0 aromatic carbocycles. The number of aromatic nitrogens is 4. The summed E-state index contributed by atoms with van der Waals surface area (Å²) in [7, 11) is 0. The number of hydrogen-bond acceptors (Lipinski definition) is 11. The van der Waals surface area contributed by atoms with Crippen molar-refractivity contribution in [3.63, 3.8) is 0 Å². The maximum absolute atomic E-state index is 10.0. The van der Waals surface area contributed by atoms with Crippen LogP contribution in [0.2, 0.25) is 0 Å². The summed E-state index contributed by atoms with van der Waals surface area (Å²) < 4.78 is 19.1. The number of aryl methyl sites for hydroxylation is 2. The van der Waals surface area contributed by atoms with Crippen LogP contribution in [0.5, 0.6) is 0 Å². The lowest BCUT2D eigenvalue weighted by Crippen LogP contribution is -2.46. The van der Waals surface area contributed by atoms with Crippen molar-refractivity contribution in [3.8, 4) is 11.3 Å². The zero-order valence-corrected chi connectivity index (χ0v) is 22.8. The molecular formula is C27H32N6O4S. The van der Waals surface area contributed by atoms with Gasteiger partial charge in [-0.3, -0.25) is 4.98 Å². The lowest BCUT2D eigenvalue weighted by atomic mass is 10.0. The fourth-order valence-corrected chi connectivity index (χ4v) is 6.09. The molecule has 6 rings (SSSR count). The van der Waals surface area contributed by atoms with E-state index in [9.17, 15) is 5.11 Å². The average Bonchev–Trinajstić information content (AvgIpc) is 3.65. The number of fused-ring (bicyclic) bond motifs is 2. The zero-order chi connectivity index (χ0) is 26.5. The van der Waals surface area contributed by atoms with Crippen LogP contribution in [0.4, 0.5) is 11.8 Å². The summed E-state index contributed by atoms with van der Waals surface area (Å²) in [4.78, 5) is 18.5. The highest BCUT2D eigenvalue weighted by atomic mass is 32.1. The van der Waals surface area contributed by atoms with Gasteiger partial charge in [0.1, 0.15) is 22.7 Å². The first-order valence-electron chi connectivity index (χ1n) is 13.0. The summed E-state index contributed by atoms with van der Waals surface area (Å²) in [6, 6.07) is 4.05. The van der Waals surface area contributed by atoms with Crippen LogP contribution >= 0.6 is 11.3 Å². The minimum atomic E-state index is -0.845. The van der Waals surface area contributed by atoms with Crippen LogP contribution in [0.3, 0.4) is 0 Å². The number of nitrogens with zero attached hydrogens (tertiary/aromatic N) is 4. The Bertz CT molecular complexity index is 1460. The molecule has 11 heteroatoms. The van der Waals surface area contributed by atoms with Gasteiger partial charge in [0, 0.05) is 35.2 Å². The van der Waals surface area contributed by atoms with E-state index >= 15 is 0 Å². The van der Waals surface area contributed by atoms with Gasteiger partial charge in [-0.1, -0.05) is 6.92 Å². The molecule has 5 heterocycles. The van der Waals surface area contributed by atoms with Crippen LogP contribution in [-0.4, -0.2) is 49.3 Å². The summed E-state index contributed by atoms with van der Waals surface area (Å²) in [6.45, 7) is 8.35. The topological polar surface area (TPSA) is 127 Å². The Morgan fingerprint density at radius 1 is 1.21 bits per heavy atom. The Kier molecular flexibility index (Phi) is 6.34. The number of thiazole rings is 1. The van der Waals surface area contributed by atoms with Crippen molar-refractivity contribution in [1.82, 2.24) is 19.9 Å². The predicted octanol–water partition coefficient (Wildman–Crippen LogP) is 4.89. The zero-order valence-electron chi connectivity index (χ0n) is 21.9. The molecule has 1 saturated carbocycles. The molecule has 2 aliphatic rings. The maximum atomic E-state index is 10.0. The van der Waals surface area contributed by atoms with Gasteiger partial charge in [-0.2, -0.15) is 4.98 Å². The molecule has 0 amide bonds. The summed E-state index contributed by atoms with van der Waals surface area (Å²) in [5.74, 6) is 0.846. The molecule has 4 aromatic heterocycles. The molecule has 200 valence electrons. The van der Waals surface area contributed by atoms with Gasteiger partial charge >= 0.3 is 0 Å². The number of hydrogen-bond donors (Lipinski definition) is 3. The molecule has 1 aliphatic carbocycles. The van der Waals surface area contributed by atoms with E-state index < -0.39 is 11.5 Å². The van der Waals surface area contributed by atoms with Gasteiger partial charge in [-0.15, -0.1) is 11.3 Å². The van der Waals surface area contributed by atoms with E-state index in [1.807, 2.05) is 38.3 Å². The Morgan fingerprint density at radius 3 is 2.84 bits per heavy atom. The number of furan rings is 1. The van der Waals surface area contributed by atoms with Crippen molar-refractivity contribution in [2.24, 2.45) is 5.92 Å². The van der Waals surface area contributed by atoms with Crippen molar-refractivity contribution in [2.45, 2.75) is 71.1 Å². The van der Waals surface area contributed by atoms with Crippen LogP contribution in [0.1, 0.15) is 50.0 Å². The van der Waals surface area contributed by atoms with Gasteiger partial charge in [-0.25, -0.2) is 9.97 Å². The molecule has 4 aromatic rings. The highest BCUT2D eigenvalue weighted by Crippen LogP contribution is 2.50. The molecule has 3 unspecified atom stereocenters. The van der Waals surface area contributed by atoms with E-state index in [0.29, 0.717) is 36.1 Å². The molecule has 0 radical (unpaired) electrons. The van der Waals surface area contributed by atoms with E-state index in [1.165, 1.54) is 0 Å². The van der Waals surface area contributed by atoms with Gasteiger partial charge in [0.25, 0.3) is 0 Å². The van der Waals surface area contributed by atoms with Crippen LogP contribution in [0.25, 0.3) is 22.3 Å². The molecule has 1 aliphatic heterocycles. The second-order valence-corrected chi connectivity index (χ2v) is 11.3. The molecule has 38 heavy (non-hydrogen) atoms. The SMILES string of the molecule is CCc1cc2cc(-c3c(C)nc(NCc4nccs4)nc3NC34CCC(CO)C3OC(C)(C)O4)oc2cn1. The fourth-order valence-electron chi connectivity index (χ4n) is 5.53. The van der Waals surface area contributed by atoms with E-state index in [2.05, 4.69) is 27.5 Å². The second kappa shape index (κ2) is 9.57. The highest BCUT2D eigenvalue weighted by molar-refractivity contribution is 7.09. The van der Waals surface area contributed by atoms with E-state index in [4.69, 9.17) is 23.9 Å². The summed E-state index contributed by atoms with van der Waals surface area (Å²) >= 11 is 1.57. The smallest absolute Gasteiger partial charge is 0.225 e. The van der Waals surface area contributed by atoms with Crippen molar-refractivity contribution in [3.05, 3.63) is 46.3 Å². The van der Waals surface area contributed by atoms with Gasteiger partial charge in [0.2, 0.25) is 5.95 Å². The maximum Gasteiger partial charge on any atom is 0.225 e. The molecule has 1 saturated heterocycles. The molecule has 3 N–H and O–H groups in total. The lowest BCUT2D eigenvalue weighted by molar-refractivity contribution is -0.168. The molecule has 3 atom stereocenters. The predicted molar refractivity (Wildman–Crippen MR) is 145 cm³/mol. The standard InChI is InChI=1S/C27H32N6O4S/c1-5-18-10-17-11-19(35-20(17)12-29-18)22-15(2)31-25(30-13-21-28-8-9-38-21)32-24(22)33-27-7-6-16(14-34)23(27)36-26(3,4)37-27/h8-12,16,23,34H,5-7,13-14H2,1-4H3,(H2,30,31,32,33). The number of nitrogens with one attached hydrogen (secondary N) is 2. The van der Waals surface area contributed by atoms with E-state index in [-0.39, 0.29) is 18.6 Å². The first-order valence-corrected chi connectivity index (χ1v) is 13.8. The molecule has 2 fully saturated rings. The number of aliphatic hydroxyl groups excluding tert-OH is 1. The third kappa shape index (κ3) is 4.53. The molecule has 0 bridgehead atoms. The first kappa shape index (κ1) is 25.2. The van der Waals surface area contributed by atoms with Crippen molar-refractivity contribution in [1.29, 1.82) is 0 Å². The van der Waals surface area contributed by atoms with Crippen molar-refractivity contribution >= 4 is 34.1 Å². The summed E-state index contributed by atoms with van der Waals surface area (Å²) in [5.41, 5.74) is 2.34. The third-order valence-electron chi connectivity index (χ3n) is 7.22. The molecular weight excluding hydrogens is 504 g/mol. The van der Waals surface area contributed by atoms with Crippen molar-refractivity contribution < 1.29 is 19.0 Å². The minimum Gasteiger partial charge on any atom is -0.454 e. The van der Waals surface area contributed by atoms with Gasteiger partial charge < -0.3 is 29.6 Å². The second-order valence-electron chi connectivity index (χ2n) is 10.3. The summed E-state index contributed by atoms with van der Waals surface area (Å²) in [5, 5.41) is 20.8. The van der Waals surface area contributed by atoms with Crippen LogP contribution in [0.15, 0.2) is 34.3 Å². The van der Waals surface area contributed by atoms with E-state index in [1.54, 1.807) is 23.7 Å². The third-order valence-corrected chi connectivity index (χ3v) is 8.00. The van der Waals surface area contributed by atoms with E-state index in [0.717, 1.165) is 40.2 Å². The quantitative estimate of drug-likeness (QED) is 0.286. The number of pyridine rings is 1. The highest BCUT2D eigenvalue weighted by Gasteiger charge is 2.60. The van der Waals surface area contributed by atoms with Crippen LogP contribution in [0, 0.1) is 12.8 Å². The van der Waals surface area contributed by atoms with Gasteiger partial charge in [0.05, 0.1) is 24.0 Å². The molecule has 10 nitrogen and oxygen atoms in total. The fraction of sp³-hybridized carbons (Fsp3) is 0.481. The monoisotopic (exact) mass is 536 g/mol. The number of ether oxygens (including phenoxy) is 2. The Morgan fingerprint density at radius 2 is 2.08 bits per heavy atom. The number of rotatable bonds is 8. The van der Waals surface area contributed by atoms with Crippen molar-refractivity contribution in [2.75, 3.05) is 17.2 Å². The number of anilines is 2. The first-order chi connectivity index (χ1) is 18.3. The van der Waals surface area contributed by atoms with Crippen LogP contribution < -0.4 is 10.6 Å². The largest absolute Gasteiger partial charge is 0.454 e. The molecule has 0 spiro atoms. The average molecular weight is 537 g/mol. The lowest BCUT2D eigenvalue weighted by Gasteiger charge is -2.31. The Balaban J connectivity index is 1.43. The van der Waals surface area contributed by atoms with Gasteiger partial charge in [-0.05, 0) is 52.2 Å². The Labute approximate surface area is 224 Å². The minimum absolute atomic E-state index is 0.0279.